The Morgan fingerprint density at radius 2 is 1.65 bits per heavy atom. The van der Waals surface area contributed by atoms with Crippen molar-refractivity contribution < 1.29 is 14.4 Å². The van der Waals surface area contributed by atoms with Crippen molar-refractivity contribution in [2.75, 3.05) is 5.01 Å². The van der Waals surface area contributed by atoms with Gasteiger partial charge in [0.25, 0.3) is 11.8 Å². The molecule has 1 unspecified atom stereocenters. The van der Waals surface area contributed by atoms with Gasteiger partial charge in [0.05, 0.1) is 18.0 Å². The lowest BCUT2D eigenvalue weighted by atomic mass is 9.92. The first-order valence-electron chi connectivity index (χ1n) is 11.4. The lowest BCUT2D eigenvalue weighted by Gasteiger charge is -2.27. The Kier molecular flexibility index (Phi) is 6.50. The summed E-state index contributed by atoms with van der Waals surface area (Å²) in [6.45, 7) is 7.39. The number of aryl methyl sites for hydroxylation is 2. The first-order chi connectivity index (χ1) is 16.3. The highest BCUT2D eigenvalue weighted by atomic mass is 16.2. The number of hydrogen-bond acceptors (Lipinski definition) is 3. The number of hydrogen-bond donors (Lipinski definition) is 2. The molecular formula is C28H29N3O3. The van der Waals surface area contributed by atoms with Crippen LogP contribution in [0.15, 0.2) is 66.7 Å². The topological polar surface area (TPSA) is 78.5 Å². The zero-order chi connectivity index (χ0) is 24.4. The van der Waals surface area contributed by atoms with Gasteiger partial charge in [0.2, 0.25) is 5.91 Å². The second-order valence-electron chi connectivity index (χ2n) is 8.87. The zero-order valence-electron chi connectivity index (χ0n) is 19.9. The molecule has 0 radical (unpaired) electrons. The molecule has 0 spiro atoms. The van der Waals surface area contributed by atoms with Crippen LogP contribution < -0.4 is 15.8 Å². The Labute approximate surface area is 200 Å². The van der Waals surface area contributed by atoms with Gasteiger partial charge in [0.1, 0.15) is 6.04 Å². The Hall–Kier alpha value is -3.93. The maximum absolute atomic E-state index is 13.4. The van der Waals surface area contributed by atoms with Gasteiger partial charge in [-0.25, -0.2) is 5.01 Å². The summed E-state index contributed by atoms with van der Waals surface area (Å²) in [7, 11) is 0. The maximum Gasteiger partial charge on any atom is 0.261 e. The molecule has 1 aliphatic rings. The van der Waals surface area contributed by atoms with Crippen molar-refractivity contribution in [2.45, 2.75) is 46.1 Å². The number of nitrogens with one attached hydrogen (secondary N) is 2. The van der Waals surface area contributed by atoms with Gasteiger partial charge in [-0.05, 0) is 56.0 Å². The number of rotatable bonds is 5. The summed E-state index contributed by atoms with van der Waals surface area (Å²) in [5.41, 5.74) is 9.12. The third-order valence-corrected chi connectivity index (χ3v) is 6.30. The normalized spacial score (nSPS) is 15.6. The number of nitrogens with zero attached hydrogens (tertiary/aromatic N) is 1. The summed E-state index contributed by atoms with van der Waals surface area (Å²) in [6, 6.07) is 20.4. The molecule has 34 heavy (non-hydrogen) atoms. The molecule has 3 amide bonds. The molecular weight excluding hydrogens is 426 g/mol. The minimum Gasteiger partial charge on any atom is -0.344 e. The molecule has 6 nitrogen and oxygen atoms in total. The fraction of sp³-hybridized carbons (Fsp3) is 0.250. The SMILES string of the molecule is Cc1ccc(C)c(CC(=O)N[C@@H](C)C(=O)NN2C(=O)C(C)c3ccccc3-c3ccccc32)c1. The van der Waals surface area contributed by atoms with E-state index < -0.39 is 17.9 Å². The molecule has 3 aromatic carbocycles. The fourth-order valence-corrected chi connectivity index (χ4v) is 4.31. The summed E-state index contributed by atoms with van der Waals surface area (Å²) in [5.74, 6) is -1.40. The first-order valence-corrected chi connectivity index (χ1v) is 11.4. The molecule has 174 valence electrons. The van der Waals surface area contributed by atoms with Gasteiger partial charge in [-0.2, -0.15) is 0 Å². The van der Waals surface area contributed by atoms with Crippen LogP contribution in [0.5, 0.6) is 0 Å². The molecule has 0 fully saturated rings. The number of fused-ring (bicyclic) bond motifs is 3. The monoisotopic (exact) mass is 455 g/mol. The van der Waals surface area contributed by atoms with E-state index in [4.69, 9.17) is 0 Å². The summed E-state index contributed by atoms with van der Waals surface area (Å²) in [4.78, 5) is 39.1. The lowest BCUT2D eigenvalue weighted by Crippen LogP contribution is -2.54. The van der Waals surface area contributed by atoms with Gasteiger partial charge in [0.15, 0.2) is 0 Å². The number of amides is 3. The Balaban J connectivity index is 1.52. The molecule has 6 heteroatoms. The van der Waals surface area contributed by atoms with E-state index >= 15 is 0 Å². The Morgan fingerprint density at radius 3 is 2.41 bits per heavy atom. The van der Waals surface area contributed by atoms with Gasteiger partial charge in [0, 0.05) is 5.56 Å². The Morgan fingerprint density at radius 1 is 0.971 bits per heavy atom. The van der Waals surface area contributed by atoms with Crippen LogP contribution in [0.2, 0.25) is 0 Å². The van der Waals surface area contributed by atoms with E-state index in [1.807, 2.05) is 87.5 Å². The highest BCUT2D eigenvalue weighted by molar-refractivity contribution is 6.06. The molecule has 1 heterocycles. The van der Waals surface area contributed by atoms with Gasteiger partial charge >= 0.3 is 0 Å². The quantitative estimate of drug-likeness (QED) is 0.605. The van der Waals surface area contributed by atoms with Gasteiger partial charge in [-0.3, -0.25) is 19.8 Å². The van der Waals surface area contributed by atoms with Crippen molar-refractivity contribution in [3.8, 4) is 11.1 Å². The zero-order valence-corrected chi connectivity index (χ0v) is 19.9. The lowest BCUT2D eigenvalue weighted by molar-refractivity contribution is -0.130. The standard InChI is InChI=1S/C28H29N3O3/c1-17-13-14-18(2)21(15-17)16-26(32)29-20(4)27(33)30-31-25-12-8-7-11-24(25)23-10-6-5-9-22(23)19(3)28(31)34/h5-15,19-20H,16H2,1-4H3,(H,29,32)(H,30,33)/t19?,20-/m0/s1. The molecule has 0 saturated carbocycles. The average Bonchev–Trinajstić information content (AvgIpc) is 2.91. The number of carbonyl (C=O) groups is 3. The van der Waals surface area contributed by atoms with Crippen molar-refractivity contribution >= 4 is 23.4 Å². The number of carbonyl (C=O) groups excluding carboxylic acids is 3. The number of benzene rings is 3. The van der Waals surface area contributed by atoms with Crippen LogP contribution in [0.4, 0.5) is 5.69 Å². The van der Waals surface area contributed by atoms with Crippen LogP contribution in [0.25, 0.3) is 11.1 Å². The van der Waals surface area contributed by atoms with E-state index in [0.29, 0.717) is 5.69 Å². The minimum absolute atomic E-state index is 0.183. The fourth-order valence-electron chi connectivity index (χ4n) is 4.31. The van der Waals surface area contributed by atoms with Gasteiger partial charge in [-0.15, -0.1) is 0 Å². The molecule has 3 aromatic rings. The molecule has 4 rings (SSSR count). The van der Waals surface area contributed by atoms with Gasteiger partial charge in [-0.1, -0.05) is 66.2 Å². The van der Waals surface area contributed by atoms with Crippen LogP contribution in [-0.2, 0) is 20.8 Å². The van der Waals surface area contributed by atoms with Crippen LogP contribution in [0.3, 0.4) is 0 Å². The number of para-hydroxylation sites is 1. The van der Waals surface area contributed by atoms with Crippen LogP contribution >= 0.6 is 0 Å². The van der Waals surface area contributed by atoms with Crippen molar-refractivity contribution in [1.82, 2.24) is 10.7 Å². The predicted molar refractivity (Wildman–Crippen MR) is 133 cm³/mol. The highest BCUT2D eigenvalue weighted by Gasteiger charge is 2.33. The summed E-state index contributed by atoms with van der Waals surface area (Å²) in [6.07, 6.45) is 0.183. The van der Waals surface area contributed by atoms with E-state index in [-0.39, 0.29) is 18.2 Å². The molecule has 0 bridgehead atoms. The molecule has 0 aliphatic carbocycles. The van der Waals surface area contributed by atoms with Crippen LogP contribution in [0.1, 0.15) is 42.0 Å². The predicted octanol–water partition coefficient (Wildman–Crippen LogP) is 4.20. The van der Waals surface area contributed by atoms with Crippen LogP contribution in [-0.4, -0.2) is 23.8 Å². The van der Waals surface area contributed by atoms with Gasteiger partial charge < -0.3 is 5.32 Å². The van der Waals surface area contributed by atoms with Crippen molar-refractivity contribution in [3.05, 3.63) is 89.0 Å². The number of hydrazine groups is 1. The van der Waals surface area contributed by atoms with E-state index in [9.17, 15) is 14.4 Å². The third-order valence-electron chi connectivity index (χ3n) is 6.30. The summed E-state index contributed by atoms with van der Waals surface area (Å²) in [5, 5.41) is 4.07. The third kappa shape index (κ3) is 4.57. The first kappa shape index (κ1) is 23.2. The maximum atomic E-state index is 13.4. The van der Waals surface area contributed by atoms with Crippen LogP contribution in [0, 0.1) is 13.8 Å². The number of anilines is 1. The smallest absolute Gasteiger partial charge is 0.261 e. The van der Waals surface area contributed by atoms with E-state index in [1.165, 1.54) is 5.01 Å². The summed E-state index contributed by atoms with van der Waals surface area (Å²) < 4.78 is 0. The molecule has 2 atom stereocenters. The van der Waals surface area contributed by atoms with E-state index in [1.54, 1.807) is 6.92 Å². The second kappa shape index (κ2) is 9.51. The van der Waals surface area contributed by atoms with E-state index in [2.05, 4.69) is 10.7 Å². The minimum atomic E-state index is -0.821. The molecule has 2 N–H and O–H groups in total. The molecule has 1 aliphatic heterocycles. The molecule has 0 aromatic heterocycles. The average molecular weight is 456 g/mol. The van der Waals surface area contributed by atoms with Crippen molar-refractivity contribution in [3.63, 3.8) is 0 Å². The largest absolute Gasteiger partial charge is 0.344 e. The van der Waals surface area contributed by atoms with Crippen molar-refractivity contribution in [2.24, 2.45) is 0 Å². The second-order valence-corrected chi connectivity index (χ2v) is 8.87. The Bertz CT molecular complexity index is 1270. The van der Waals surface area contributed by atoms with E-state index in [0.717, 1.165) is 33.4 Å². The summed E-state index contributed by atoms with van der Waals surface area (Å²) >= 11 is 0. The highest BCUT2D eigenvalue weighted by Crippen LogP contribution is 2.39. The molecule has 0 saturated heterocycles. The van der Waals surface area contributed by atoms with Crippen molar-refractivity contribution in [1.29, 1.82) is 0 Å².